The molecule has 4 heteroatoms. The van der Waals surface area contributed by atoms with Crippen LogP contribution in [0.3, 0.4) is 0 Å². The van der Waals surface area contributed by atoms with Gasteiger partial charge in [-0.1, -0.05) is 27.8 Å². The Morgan fingerprint density at radius 2 is 2.43 bits per heavy atom. The van der Waals surface area contributed by atoms with Crippen LogP contribution in [-0.4, -0.2) is 10.1 Å². The van der Waals surface area contributed by atoms with Crippen LogP contribution in [-0.2, 0) is 0 Å². The van der Waals surface area contributed by atoms with E-state index in [-0.39, 0.29) is 0 Å². The van der Waals surface area contributed by atoms with Gasteiger partial charge in [-0.05, 0) is 6.92 Å². The summed E-state index contributed by atoms with van der Waals surface area (Å²) in [6, 6.07) is 0.417. The Balaban J connectivity index is 2.45. The van der Waals surface area contributed by atoms with E-state index in [1.54, 1.807) is 0 Å². The van der Waals surface area contributed by atoms with Crippen LogP contribution in [0.25, 0.3) is 0 Å². The summed E-state index contributed by atoms with van der Waals surface area (Å²) < 4.78 is 0.331. The largest absolute Gasteiger partial charge is 0.286 e. The fraction of sp³-hybridized carbons (Fsp3) is 1.00. The first-order valence-corrected chi connectivity index (χ1v) is 3.35. The first-order valence-electron chi connectivity index (χ1n) is 2.10. The van der Waals surface area contributed by atoms with Crippen molar-refractivity contribution in [2.45, 2.75) is 17.0 Å². The molecule has 7 heavy (non-hydrogen) atoms. The summed E-state index contributed by atoms with van der Waals surface area (Å²) in [6.07, 6.45) is 0. The highest BCUT2D eigenvalue weighted by Crippen LogP contribution is 2.12. The minimum absolute atomic E-state index is 0.331. The van der Waals surface area contributed by atoms with E-state index in [0.717, 1.165) is 0 Å². The molecule has 0 aromatic carbocycles. The lowest BCUT2D eigenvalue weighted by molar-refractivity contribution is 0.649. The zero-order valence-electron chi connectivity index (χ0n) is 3.93. The van der Waals surface area contributed by atoms with Gasteiger partial charge in [-0.3, -0.25) is 5.43 Å². The minimum atomic E-state index is 0.331. The zero-order chi connectivity index (χ0) is 5.28. The number of alkyl halides is 1. The maximum absolute atomic E-state index is 3.82. The van der Waals surface area contributed by atoms with Crippen molar-refractivity contribution in [3.63, 3.8) is 0 Å². The van der Waals surface area contributed by atoms with Crippen molar-refractivity contribution < 1.29 is 0 Å². The molecule has 0 aliphatic carbocycles. The first-order chi connectivity index (χ1) is 3.30. The molecule has 40 valence electrons. The van der Waals surface area contributed by atoms with E-state index < -0.39 is 0 Å². The molecule has 1 aliphatic heterocycles. The van der Waals surface area contributed by atoms with Crippen LogP contribution in [0, 0.1) is 0 Å². The third kappa shape index (κ3) is 1.02. The molecule has 1 aliphatic rings. The Morgan fingerprint density at radius 1 is 1.71 bits per heavy atom. The number of halogens is 1. The zero-order valence-corrected chi connectivity index (χ0v) is 6.08. The highest BCUT2D eigenvalue weighted by atomic mass is 127. The van der Waals surface area contributed by atoms with E-state index in [0.29, 0.717) is 10.1 Å². The molecular formula is C3H6IN3. The molecule has 0 aromatic rings. The first kappa shape index (κ1) is 5.27. The van der Waals surface area contributed by atoms with Gasteiger partial charge in [-0.2, -0.15) is 5.11 Å². The predicted molar refractivity (Wildman–Crippen MR) is 35.3 cm³/mol. The Morgan fingerprint density at radius 3 is 2.57 bits per heavy atom. The van der Waals surface area contributed by atoms with Gasteiger partial charge in [0, 0.05) is 0 Å². The molecule has 1 heterocycles. The second-order valence-electron chi connectivity index (χ2n) is 1.51. The fourth-order valence-electron chi connectivity index (χ4n) is 0.341. The Hall–Kier alpha value is 0.130. The van der Waals surface area contributed by atoms with E-state index in [4.69, 9.17) is 0 Å². The van der Waals surface area contributed by atoms with Crippen LogP contribution in [0.15, 0.2) is 10.3 Å². The number of hydrogen-bond donors (Lipinski definition) is 1. The molecule has 2 unspecified atom stereocenters. The maximum atomic E-state index is 3.82. The van der Waals surface area contributed by atoms with Crippen LogP contribution in [0.4, 0.5) is 0 Å². The average Bonchev–Trinajstić information content (AvgIpc) is 1.91. The summed E-state index contributed by atoms with van der Waals surface area (Å²) in [5.74, 6) is 0. The third-order valence-electron chi connectivity index (χ3n) is 0.842. The summed E-state index contributed by atoms with van der Waals surface area (Å²) in [6.45, 7) is 2.05. The monoisotopic (exact) mass is 211 g/mol. The van der Waals surface area contributed by atoms with Crippen molar-refractivity contribution in [2.75, 3.05) is 0 Å². The normalized spacial score (nSPS) is 38.6. The molecular weight excluding hydrogens is 205 g/mol. The molecule has 0 bridgehead atoms. The lowest BCUT2D eigenvalue weighted by Crippen LogP contribution is -2.21. The number of nitrogens with zero attached hydrogens (tertiary/aromatic N) is 2. The van der Waals surface area contributed by atoms with Crippen LogP contribution >= 0.6 is 22.6 Å². The topological polar surface area (TPSA) is 36.8 Å². The molecule has 1 rings (SSSR count). The van der Waals surface area contributed by atoms with Crippen molar-refractivity contribution in [3.05, 3.63) is 0 Å². The Bertz CT molecular complexity index is 92.2. The smallest absolute Gasteiger partial charge is 0.145 e. The number of hydrogen-bond acceptors (Lipinski definition) is 3. The molecule has 0 amide bonds. The van der Waals surface area contributed by atoms with Gasteiger partial charge in [0.15, 0.2) is 0 Å². The molecule has 2 atom stereocenters. The predicted octanol–water partition coefficient (Wildman–Crippen LogP) is 1.11. The van der Waals surface area contributed by atoms with Gasteiger partial charge in [0.05, 0.1) is 6.04 Å². The third-order valence-corrected chi connectivity index (χ3v) is 2.17. The molecule has 3 nitrogen and oxygen atoms in total. The van der Waals surface area contributed by atoms with Gasteiger partial charge in [0.25, 0.3) is 0 Å². The van der Waals surface area contributed by atoms with Gasteiger partial charge in [0.1, 0.15) is 4.05 Å². The average molecular weight is 211 g/mol. The molecule has 0 aromatic heterocycles. The maximum Gasteiger partial charge on any atom is 0.145 e. The van der Waals surface area contributed by atoms with Crippen molar-refractivity contribution in [1.82, 2.24) is 5.43 Å². The highest BCUT2D eigenvalue weighted by Gasteiger charge is 2.15. The Kier molecular flexibility index (Phi) is 1.46. The SMILES string of the molecule is CC1NN=NC1I. The lowest BCUT2D eigenvalue weighted by atomic mass is 10.4. The van der Waals surface area contributed by atoms with Crippen LogP contribution in [0.2, 0.25) is 0 Å². The van der Waals surface area contributed by atoms with Crippen LogP contribution < -0.4 is 5.43 Å². The van der Waals surface area contributed by atoms with Gasteiger partial charge < -0.3 is 0 Å². The van der Waals surface area contributed by atoms with Crippen LogP contribution in [0.5, 0.6) is 0 Å². The number of nitrogens with one attached hydrogen (secondary N) is 1. The summed E-state index contributed by atoms with van der Waals surface area (Å²) in [5.41, 5.74) is 2.82. The van der Waals surface area contributed by atoms with Gasteiger partial charge in [-0.15, -0.1) is 0 Å². The summed E-state index contributed by atoms with van der Waals surface area (Å²) in [4.78, 5) is 0. The quantitative estimate of drug-likeness (QED) is 0.363. The molecule has 0 saturated heterocycles. The summed E-state index contributed by atoms with van der Waals surface area (Å²) in [7, 11) is 0. The number of rotatable bonds is 0. The van der Waals surface area contributed by atoms with Gasteiger partial charge >= 0.3 is 0 Å². The van der Waals surface area contributed by atoms with Crippen molar-refractivity contribution in [2.24, 2.45) is 10.3 Å². The molecule has 1 N–H and O–H groups in total. The molecule has 0 spiro atoms. The molecule has 0 fully saturated rings. The second kappa shape index (κ2) is 1.94. The second-order valence-corrected chi connectivity index (χ2v) is 2.78. The Labute approximate surface area is 55.7 Å². The van der Waals surface area contributed by atoms with E-state index >= 15 is 0 Å². The highest BCUT2D eigenvalue weighted by molar-refractivity contribution is 14.1. The summed E-state index contributed by atoms with van der Waals surface area (Å²) >= 11 is 2.24. The lowest BCUT2D eigenvalue weighted by Gasteiger charge is -2.00. The van der Waals surface area contributed by atoms with E-state index in [1.165, 1.54) is 0 Å². The van der Waals surface area contributed by atoms with E-state index in [9.17, 15) is 0 Å². The van der Waals surface area contributed by atoms with Crippen molar-refractivity contribution >= 4 is 22.6 Å². The summed E-state index contributed by atoms with van der Waals surface area (Å²) in [5, 5.41) is 7.43. The van der Waals surface area contributed by atoms with Gasteiger partial charge in [-0.25, -0.2) is 0 Å². The fourth-order valence-corrected chi connectivity index (χ4v) is 0.626. The van der Waals surface area contributed by atoms with Crippen LogP contribution in [0.1, 0.15) is 6.92 Å². The molecule has 0 saturated carbocycles. The minimum Gasteiger partial charge on any atom is -0.286 e. The van der Waals surface area contributed by atoms with Crippen molar-refractivity contribution in [3.8, 4) is 0 Å². The van der Waals surface area contributed by atoms with E-state index in [2.05, 4.69) is 45.3 Å². The standard InChI is InChI=1S/C3H6IN3/c1-2-3(4)6-7-5-2/h2-3H,1H3,(H,5,6). The van der Waals surface area contributed by atoms with Crippen molar-refractivity contribution in [1.29, 1.82) is 0 Å². The van der Waals surface area contributed by atoms with E-state index in [1.807, 2.05) is 0 Å². The van der Waals surface area contributed by atoms with Gasteiger partial charge in [0.2, 0.25) is 0 Å². The molecule has 0 radical (unpaired) electrons.